The van der Waals surface area contributed by atoms with Gasteiger partial charge in [-0.15, -0.1) is 23.5 Å². The summed E-state index contributed by atoms with van der Waals surface area (Å²) in [6.07, 6.45) is 1.11. The number of hydrogen-bond acceptors (Lipinski definition) is 4. The molecule has 108 valence electrons. The van der Waals surface area contributed by atoms with E-state index in [9.17, 15) is 0 Å². The van der Waals surface area contributed by atoms with E-state index in [0.29, 0.717) is 0 Å². The minimum atomic E-state index is 0.978. The molecular weight excluding hydrogens is 332 g/mol. The second-order valence-electron chi connectivity index (χ2n) is 4.36. The fourth-order valence-electron chi connectivity index (χ4n) is 1.70. The molecule has 2 aromatic rings. The van der Waals surface area contributed by atoms with Crippen molar-refractivity contribution in [3.05, 3.63) is 71.8 Å². The maximum absolute atomic E-state index is 5.43. The third-order valence-electron chi connectivity index (χ3n) is 2.77. The van der Waals surface area contributed by atoms with Gasteiger partial charge in [-0.1, -0.05) is 85.1 Å². The van der Waals surface area contributed by atoms with E-state index in [1.165, 1.54) is 0 Å². The number of thiocarbonyl (C=S) groups is 2. The van der Waals surface area contributed by atoms with Crippen molar-refractivity contribution in [2.24, 2.45) is 0 Å². The summed E-state index contributed by atoms with van der Waals surface area (Å²) < 4.78 is 1.96. The Labute approximate surface area is 145 Å². The van der Waals surface area contributed by atoms with E-state index in [-0.39, 0.29) is 0 Å². The van der Waals surface area contributed by atoms with E-state index in [0.717, 1.165) is 37.4 Å². The Morgan fingerprint density at radius 3 is 1.43 bits per heavy atom. The van der Waals surface area contributed by atoms with Crippen LogP contribution in [0.1, 0.15) is 17.5 Å². The molecule has 0 aliphatic carbocycles. The molecule has 0 aromatic heterocycles. The molecule has 0 atom stereocenters. The molecule has 0 amide bonds. The molecule has 0 fully saturated rings. The second kappa shape index (κ2) is 9.36. The van der Waals surface area contributed by atoms with Crippen LogP contribution < -0.4 is 0 Å². The Morgan fingerprint density at radius 1 is 0.667 bits per heavy atom. The van der Waals surface area contributed by atoms with Crippen LogP contribution in [-0.4, -0.2) is 19.9 Å². The zero-order chi connectivity index (χ0) is 14.9. The number of rotatable bonds is 6. The summed E-state index contributed by atoms with van der Waals surface area (Å²) in [5, 5.41) is 0. The first kappa shape index (κ1) is 16.7. The topological polar surface area (TPSA) is 0 Å². The van der Waals surface area contributed by atoms with E-state index in [1.54, 1.807) is 23.5 Å². The number of thioether (sulfide) groups is 2. The summed E-state index contributed by atoms with van der Waals surface area (Å²) in [5.41, 5.74) is 2.29. The van der Waals surface area contributed by atoms with Crippen molar-refractivity contribution in [1.82, 2.24) is 0 Å². The highest BCUT2D eigenvalue weighted by Gasteiger charge is 2.03. The largest absolute Gasteiger partial charge is 0.114 e. The highest BCUT2D eigenvalue weighted by Crippen LogP contribution is 2.18. The van der Waals surface area contributed by atoms with Gasteiger partial charge in [0.15, 0.2) is 0 Å². The average Bonchev–Trinajstić information content (AvgIpc) is 2.55. The third kappa shape index (κ3) is 5.91. The lowest BCUT2D eigenvalue weighted by molar-refractivity contribution is 1.13. The molecule has 2 rings (SSSR count). The molecule has 0 bridgehead atoms. The van der Waals surface area contributed by atoms with E-state index in [2.05, 4.69) is 24.3 Å². The predicted octanol–water partition coefficient (Wildman–Crippen LogP) is 5.59. The fourth-order valence-corrected chi connectivity index (χ4v) is 4.21. The number of benzene rings is 2. The molecular formula is C17H16S4. The molecule has 4 heteroatoms. The molecule has 0 heterocycles. The monoisotopic (exact) mass is 348 g/mol. The Morgan fingerprint density at radius 2 is 1.05 bits per heavy atom. The Balaban J connectivity index is 1.64. The molecule has 21 heavy (non-hydrogen) atoms. The lowest BCUT2D eigenvalue weighted by atomic mass is 10.2. The molecule has 0 nitrogen and oxygen atoms in total. The van der Waals surface area contributed by atoms with Crippen LogP contribution in [0.5, 0.6) is 0 Å². The summed E-state index contributed by atoms with van der Waals surface area (Å²) in [4.78, 5) is 0. The van der Waals surface area contributed by atoms with Gasteiger partial charge in [0.25, 0.3) is 0 Å². The van der Waals surface area contributed by atoms with Gasteiger partial charge in [0.2, 0.25) is 0 Å². The molecule has 0 aliphatic rings. The summed E-state index contributed by atoms with van der Waals surface area (Å²) in [6.45, 7) is 0. The van der Waals surface area contributed by atoms with Gasteiger partial charge in [-0.25, -0.2) is 0 Å². The molecule has 0 aliphatic heterocycles. The van der Waals surface area contributed by atoms with Crippen LogP contribution in [0.15, 0.2) is 60.7 Å². The smallest absolute Gasteiger partial charge is 0.0778 e. The normalized spacial score (nSPS) is 10.3. The zero-order valence-corrected chi connectivity index (χ0v) is 14.8. The van der Waals surface area contributed by atoms with E-state index in [1.807, 2.05) is 36.4 Å². The van der Waals surface area contributed by atoms with Crippen LogP contribution in [0.4, 0.5) is 0 Å². The van der Waals surface area contributed by atoms with Crippen LogP contribution in [0, 0.1) is 0 Å². The maximum Gasteiger partial charge on any atom is 0.0778 e. The van der Waals surface area contributed by atoms with Crippen LogP contribution in [0.2, 0.25) is 0 Å². The van der Waals surface area contributed by atoms with Gasteiger partial charge in [-0.3, -0.25) is 0 Å². The van der Waals surface area contributed by atoms with Gasteiger partial charge in [0.05, 0.1) is 8.39 Å². The van der Waals surface area contributed by atoms with Gasteiger partial charge in [-0.05, 0) is 29.1 Å². The SMILES string of the molecule is S=C(SCCCSC(=S)c1ccccc1)c1ccccc1. The minimum Gasteiger partial charge on any atom is -0.114 e. The highest BCUT2D eigenvalue weighted by molar-refractivity contribution is 8.24. The van der Waals surface area contributed by atoms with Crippen molar-refractivity contribution in [3.8, 4) is 0 Å². The first-order valence-corrected chi connectivity index (χ1v) is 9.50. The van der Waals surface area contributed by atoms with Crippen LogP contribution in [0.3, 0.4) is 0 Å². The van der Waals surface area contributed by atoms with E-state index in [4.69, 9.17) is 24.4 Å². The van der Waals surface area contributed by atoms with Crippen molar-refractivity contribution in [2.75, 3.05) is 11.5 Å². The Hall–Kier alpha value is -0.680. The fraction of sp³-hybridized carbons (Fsp3) is 0.176. The summed E-state index contributed by atoms with van der Waals surface area (Å²) in [5.74, 6) is 2.08. The van der Waals surface area contributed by atoms with Crippen molar-refractivity contribution in [2.45, 2.75) is 6.42 Å². The Bertz CT molecular complexity index is 525. The van der Waals surface area contributed by atoms with Gasteiger partial charge >= 0.3 is 0 Å². The van der Waals surface area contributed by atoms with Gasteiger partial charge < -0.3 is 0 Å². The Kier molecular flexibility index (Phi) is 7.44. The van der Waals surface area contributed by atoms with Crippen molar-refractivity contribution < 1.29 is 0 Å². The molecule has 0 radical (unpaired) electrons. The molecule has 0 spiro atoms. The quantitative estimate of drug-likeness (QED) is 0.492. The highest BCUT2D eigenvalue weighted by atomic mass is 32.2. The van der Waals surface area contributed by atoms with Gasteiger partial charge in [-0.2, -0.15) is 0 Å². The van der Waals surface area contributed by atoms with Crippen LogP contribution in [-0.2, 0) is 0 Å². The molecule has 0 saturated heterocycles. The van der Waals surface area contributed by atoms with Crippen molar-refractivity contribution >= 4 is 56.4 Å². The molecule has 0 N–H and O–H groups in total. The van der Waals surface area contributed by atoms with Crippen LogP contribution >= 0.6 is 48.0 Å². The van der Waals surface area contributed by atoms with Crippen molar-refractivity contribution in [1.29, 1.82) is 0 Å². The first-order valence-electron chi connectivity index (χ1n) is 6.72. The summed E-state index contributed by atoms with van der Waals surface area (Å²) in [7, 11) is 0. The molecule has 2 aromatic carbocycles. The predicted molar refractivity (Wildman–Crippen MR) is 106 cm³/mol. The van der Waals surface area contributed by atoms with Crippen molar-refractivity contribution in [3.63, 3.8) is 0 Å². The lowest BCUT2D eigenvalue weighted by Gasteiger charge is -2.05. The summed E-state index contributed by atoms with van der Waals surface area (Å²) >= 11 is 14.4. The number of hydrogen-bond donors (Lipinski definition) is 0. The van der Waals surface area contributed by atoms with Gasteiger partial charge in [0, 0.05) is 0 Å². The third-order valence-corrected chi connectivity index (χ3v) is 5.93. The van der Waals surface area contributed by atoms with E-state index >= 15 is 0 Å². The van der Waals surface area contributed by atoms with Gasteiger partial charge in [0.1, 0.15) is 0 Å². The summed E-state index contributed by atoms with van der Waals surface area (Å²) in [6, 6.07) is 20.4. The molecule has 0 saturated carbocycles. The molecule has 0 unspecified atom stereocenters. The second-order valence-corrected chi connectivity index (χ2v) is 7.90. The minimum absolute atomic E-state index is 0.978. The standard InChI is InChI=1S/C17H16S4/c18-16(14-8-3-1-4-9-14)20-12-7-13-21-17(19)15-10-5-2-6-11-15/h1-6,8-11H,7,12-13H2. The van der Waals surface area contributed by atoms with E-state index < -0.39 is 0 Å². The zero-order valence-electron chi connectivity index (χ0n) is 11.5. The first-order chi connectivity index (χ1) is 10.3. The average molecular weight is 349 g/mol. The lowest BCUT2D eigenvalue weighted by Crippen LogP contribution is -1.96. The maximum atomic E-state index is 5.43. The van der Waals surface area contributed by atoms with Crippen LogP contribution in [0.25, 0.3) is 0 Å².